The molecule has 2 aliphatic rings. The molecule has 1 saturated carbocycles. The average molecular weight is 299 g/mol. The normalized spacial score (nSPS) is 31.6. The van der Waals surface area contributed by atoms with Crippen LogP contribution in [0.25, 0.3) is 0 Å². The number of carboxylic acid groups (broad SMARTS) is 1. The van der Waals surface area contributed by atoms with E-state index in [1.165, 1.54) is 0 Å². The summed E-state index contributed by atoms with van der Waals surface area (Å²) >= 11 is 1.59. The predicted octanol–water partition coefficient (Wildman–Crippen LogP) is 2.68. The monoisotopic (exact) mass is 299 g/mol. The third-order valence-electron chi connectivity index (χ3n) is 5.41. The van der Waals surface area contributed by atoms with Gasteiger partial charge in [0.1, 0.15) is 6.04 Å². The van der Waals surface area contributed by atoms with Gasteiger partial charge >= 0.3 is 5.97 Å². The molecule has 2 rings (SSSR count). The summed E-state index contributed by atoms with van der Waals surface area (Å²) in [5.41, 5.74) is -0.107. The van der Waals surface area contributed by atoms with Gasteiger partial charge in [-0.2, -0.15) is 0 Å². The van der Waals surface area contributed by atoms with Crippen LogP contribution in [0.1, 0.15) is 41.5 Å². The fourth-order valence-corrected chi connectivity index (χ4v) is 4.95. The molecule has 0 radical (unpaired) electrons. The summed E-state index contributed by atoms with van der Waals surface area (Å²) in [6.07, 6.45) is 0. The standard InChI is InChI=1S/C15H25NO3S/c1-8(2)12-16(9(7-20-12)13(18)19)11(17)10-14(3,4)15(10,5)6/h8-10,12H,7H2,1-6H3,(H,18,19). The predicted molar refractivity (Wildman–Crippen MR) is 80.4 cm³/mol. The second-order valence-electron chi connectivity index (χ2n) is 7.44. The zero-order valence-electron chi connectivity index (χ0n) is 13.1. The number of hydrogen-bond acceptors (Lipinski definition) is 3. The topological polar surface area (TPSA) is 57.6 Å². The number of nitrogens with zero attached hydrogens (tertiary/aromatic N) is 1. The van der Waals surface area contributed by atoms with E-state index >= 15 is 0 Å². The second-order valence-corrected chi connectivity index (χ2v) is 8.59. The summed E-state index contributed by atoms with van der Waals surface area (Å²) in [6.45, 7) is 12.5. The zero-order chi connectivity index (χ0) is 15.5. The summed E-state index contributed by atoms with van der Waals surface area (Å²) in [4.78, 5) is 26.0. The molecule has 1 amide bonds. The highest BCUT2D eigenvalue weighted by Gasteiger charge is 2.70. The summed E-state index contributed by atoms with van der Waals surface area (Å²) in [7, 11) is 0. The number of rotatable bonds is 3. The van der Waals surface area contributed by atoms with Crippen molar-refractivity contribution in [1.82, 2.24) is 4.90 Å². The van der Waals surface area contributed by atoms with Crippen LogP contribution in [0, 0.1) is 22.7 Å². The Hall–Kier alpha value is -0.710. The van der Waals surface area contributed by atoms with E-state index in [4.69, 9.17) is 0 Å². The van der Waals surface area contributed by atoms with E-state index < -0.39 is 12.0 Å². The molecule has 2 unspecified atom stereocenters. The summed E-state index contributed by atoms with van der Waals surface area (Å²) in [6, 6.07) is -0.674. The molecule has 1 aliphatic heterocycles. The quantitative estimate of drug-likeness (QED) is 0.870. The van der Waals surface area contributed by atoms with Crippen molar-refractivity contribution in [3.05, 3.63) is 0 Å². The molecule has 1 aliphatic carbocycles. The summed E-state index contributed by atoms with van der Waals surface area (Å²) in [5, 5.41) is 9.37. The number of carbonyl (C=O) groups excluding carboxylic acids is 1. The van der Waals surface area contributed by atoms with Crippen LogP contribution >= 0.6 is 11.8 Å². The Kier molecular flexibility index (Phi) is 3.64. The van der Waals surface area contributed by atoms with E-state index in [0.717, 1.165) is 0 Å². The maximum absolute atomic E-state index is 12.9. The Morgan fingerprint density at radius 1 is 1.20 bits per heavy atom. The lowest BCUT2D eigenvalue weighted by Crippen LogP contribution is -2.48. The van der Waals surface area contributed by atoms with E-state index in [0.29, 0.717) is 5.75 Å². The fraction of sp³-hybridized carbons (Fsp3) is 0.867. The third kappa shape index (κ3) is 2.05. The molecule has 0 spiro atoms. The molecule has 0 aromatic rings. The van der Waals surface area contributed by atoms with Crippen molar-refractivity contribution in [3.63, 3.8) is 0 Å². The lowest BCUT2D eigenvalue weighted by Gasteiger charge is -2.30. The highest BCUT2D eigenvalue weighted by Crippen LogP contribution is 2.69. The van der Waals surface area contributed by atoms with E-state index in [-0.39, 0.29) is 33.9 Å². The van der Waals surface area contributed by atoms with Crippen molar-refractivity contribution in [2.24, 2.45) is 22.7 Å². The van der Waals surface area contributed by atoms with Crippen molar-refractivity contribution in [1.29, 1.82) is 0 Å². The molecule has 2 atom stereocenters. The van der Waals surface area contributed by atoms with Crippen LogP contribution in [0.2, 0.25) is 0 Å². The van der Waals surface area contributed by atoms with Gasteiger partial charge in [0.15, 0.2) is 0 Å². The molecule has 20 heavy (non-hydrogen) atoms. The van der Waals surface area contributed by atoms with Gasteiger partial charge in [0, 0.05) is 11.7 Å². The Morgan fingerprint density at radius 2 is 1.70 bits per heavy atom. The number of thioether (sulfide) groups is 1. The maximum Gasteiger partial charge on any atom is 0.327 e. The first-order valence-electron chi connectivity index (χ1n) is 7.20. The van der Waals surface area contributed by atoms with Crippen molar-refractivity contribution >= 4 is 23.6 Å². The van der Waals surface area contributed by atoms with Gasteiger partial charge in [-0.25, -0.2) is 4.79 Å². The average Bonchev–Trinajstić information content (AvgIpc) is 2.67. The Balaban J connectivity index is 2.28. The van der Waals surface area contributed by atoms with Gasteiger partial charge in [0.05, 0.1) is 5.37 Å². The van der Waals surface area contributed by atoms with Crippen LogP contribution in [0.4, 0.5) is 0 Å². The number of aliphatic carboxylic acids is 1. The summed E-state index contributed by atoms with van der Waals surface area (Å²) in [5.74, 6) is -0.172. The van der Waals surface area contributed by atoms with Crippen LogP contribution in [-0.4, -0.2) is 39.1 Å². The van der Waals surface area contributed by atoms with Crippen molar-refractivity contribution in [3.8, 4) is 0 Å². The minimum atomic E-state index is -0.884. The third-order valence-corrected chi connectivity index (χ3v) is 7.03. The minimum Gasteiger partial charge on any atom is -0.480 e. The van der Waals surface area contributed by atoms with Crippen LogP contribution in [0.15, 0.2) is 0 Å². The molecule has 5 heteroatoms. The Morgan fingerprint density at radius 3 is 2.05 bits per heavy atom. The maximum atomic E-state index is 12.9. The number of carbonyl (C=O) groups is 2. The van der Waals surface area contributed by atoms with E-state index in [1.807, 2.05) is 13.8 Å². The first-order chi connectivity index (χ1) is 9.03. The van der Waals surface area contributed by atoms with Gasteiger partial charge in [0.25, 0.3) is 0 Å². The molecule has 0 aromatic heterocycles. The van der Waals surface area contributed by atoms with Gasteiger partial charge in [-0.1, -0.05) is 41.5 Å². The summed E-state index contributed by atoms with van der Waals surface area (Å²) < 4.78 is 0. The second kappa shape index (κ2) is 4.65. The molecule has 1 N–H and O–H groups in total. The van der Waals surface area contributed by atoms with Gasteiger partial charge in [-0.05, 0) is 16.7 Å². The number of amides is 1. The Bertz CT molecular complexity index is 430. The highest BCUT2D eigenvalue weighted by molar-refractivity contribution is 8.00. The van der Waals surface area contributed by atoms with Crippen LogP contribution in [0.5, 0.6) is 0 Å². The first kappa shape index (κ1) is 15.7. The SMILES string of the molecule is CC(C)C1SCC(C(=O)O)N1C(=O)C1C(C)(C)C1(C)C. The van der Waals surface area contributed by atoms with Crippen LogP contribution < -0.4 is 0 Å². The molecule has 0 bridgehead atoms. The van der Waals surface area contributed by atoms with Gasteiger partial charge in [0.2, 0.25) is 5.91 Å². The molecular formula is C15H25NO3S. The molecular weight excluding hydrogens is 274 g/mol. The van der Waals surface area contributed by atoms with E-state index in [2.05, 4.69) is 27.7 Å². The van der Waals surface area contributed by atoms with Crippen LogP contribution in [0.3, 0.4) is 0 Å². The first-order valence-corrected chi connectivity index (χ1v) is 8.25. The fourth-order valence-electron chi connectivity index (χ4n) is 3.47. The van der Waals surface area contributed by atoms with Crippen molar-refractivity contribution < 1.29 is 14.7 Å². The van der Waals surface area contributed by atoms with E-state index in [9.17, 15) is 14.7 Å². The zero-order valence-corrected chi connectivity index (χ0v) is 14.0. The van der Waals surface area contributed by atoms with Crippen molar-refractivity contribution in [2.75, 3.05) is 5.75 Å². The molecule has 1 heterocycles. The lowest BCUT2D eigenvalue weighted by molar-refractivity contribution is -0.150. The van der Waals surface area contributed by atoms with Crippen LogP contribution in [-0.2, 0) is 9.59 Å². The van der Waals surface area contributed by atoms with Gasteiger partial charge < -0.3 is 10.0 Å². The number of carboxylic acids is 1. The highest BCUT2D eigenvalue weighted by atomic mass is 32.2. The molecule has 114 valence electrons. The lowest BCUT2D eigenvalue weighted by atomic mass is 10.0. The molecule has 1 saturated heterocycles. The molecule has 2 fully saturated rings. The molecule has 4 nitrogen and oxygen atoms in total. The minimum absolute atomic E-state index is 0.0178. The van der Waals surface area contributed by atoms with Gasteiger partial charge in [-0.15, -0.1) is 11.8 Å². The Labute approximate surface area is 125 Å². The smallest absolute Gasteiger partial charge is 0.327 e. The molecule has 0 aromatic carbocycles. The van der Waals surface area contributed by atoms with Gasteiger partial charge in [-0.3, -0.25) is 4.79 Å². The van der Waals surface area contributed by atoms with E-state index in [1.54, 1.807) is 16.7 Å². The van der Waals surface area contributed by atoms with Crippen molar-refractivity contribution in [2.45, 2.75) is 53.0 Å². The largest absolute Gasteiger partial charge is 0.480 e. The number of hydrogen-bond donors (Lipinski definition) is 1.